The lowest BCUT2D eigenvalue weighted by molar-refractivity contribution is -0.144. The Morgan fingerprint density at radius 2 is 2.00 bits per heavy atom. The van der Waals surface area contributed by atoms with Gasteiger partial charge in [-0.2, -0.15) is 0 Å². The van der Waals surface area contributed by atoms with Gasteiger partial charge in [-0.05, 0) is 46.6 Å². The molecule has 0 unspecified atom stereocenters. The molecule has 0 aliphatic heterocycles. The minimum atomic E-state index is -0.611. The molecule has 0 aliphatic rings. The second-order valence-electron chi connectivity index (χ2n) is 4.78. The highest BCUT2D eigenvalue weighted by Gasteiger charge is 2.10. The van der Waals surface area contributed by atoms with Gasteiger partial charge in [-0.25, -0.2) is 4.79 Å². The number of carbonyl (C=O) groups is 2. The summed E-state index contributed by atoms with van der Waals surface area (Å²) in [6, 6.07) is 12.8. The number of rotatable bonds is 6. The molecular weight excluding hydrogens is 362 g/mol. The van der Waals surface area contributed by atoms with Crippen molar-refractivity contribution in [2.75, 3.05) is 6.61 Å². The van der Waals surface area contributed by atoms with Crippen LogP contribution in [-0.2, 0) is 14.3 Å². The van der Waals surface area contributed by atoms with Gasteiger partial charge in [0.1, 0.15) is 5.76 Å². The number of amides is 1. The molecule has 1 aromatic heterocycles. The minimum absolute atomic E-state index is 0.154. The van der Waals surface area contributed by atoms with E-state index >= 15 is 0 Å². The third kappa shape index (κ3) is 5.75. The molecular formula is C17H16BrNO4. The van der Waals surface area contributed by atoms with Crippen molar-refractivity contribution in [3.8, 4) is 0 Å². The van der Waals surface area contributed by atoms with E-state index in [1.807, 2.05) is 37.3 Å². The summed E-state index contributed by atoms with van der Waals surface area (Å²) < 4.78 is 10.7. The predicted octanol–water partition coefficient (Wildman–Crippen LogP) is 3.48. The molecule has 0 spiro atoms. The summed E-state index contributed by atoms with van der Waals surface area (Å²) in [6.45, 7) is 1.53. The van der Waals surface area contributed by atoms with Gasteiger partial charge in [0, 0.05) is 6.08 Å². The van der Waals surface area contributed by atoms with Crippen molar-refractivity contribution < 1.29 is 18.7 Å². The summed E-state index contributed by atoms with van der Waals surface area (Å²) >= 11 is 3.16. The Hall–Kier alpha value is -2.34. The van der Waals surface area contributed by atoms with Gasteiger partial charge in [0.05, 0.1) is 6.04 Å². The van der Waals surface area contributed by atoms with E-state index in [0.717, 1.165) is 5.56 Å². The number of hydrogen-bond donors (Lipinski definition) is 1. The molecule has 0 aliphatic carbocycles. The van der Waals surface area contributed by atoms with Crippen LogP contribution in [0.2, 0.25) is 0 Å². The largest absolute Gasteiger partial charge is 0.452 e. The molecule has 120 valence electrons. The first-order valence-electron chi connectivity index (χ1n) is 6.99. The molecule has 0 radical (unpaired) electrons. The Kier molecular flexibility index (Phi) is 6.17. The summed E-state index contributed by atoms with van der Waals surface area (Å²) in [4.78, 5) is 23.3. The standard InChI is InChI=1S/C17H16BrNO4/c1-12(13-5-3-2-4-6-13)19-16(20)11-22-17(21)10-8-14-7-9-15(18)23-14/h2-10,12H,11H2,1H3,(H,19,20)/b10-8+/t12-/m1/s1. The van der Waals surface area contributed by atoms with Gasteiger partial charge in [0.2, 0.25) is 0 Å². The van der Waals surface area contributed by atoms with Crippen LogP contribution < -0.4 is 5.32 Å². The van der Waals surface area contributed by atoms with Crippen LogP contribution >= 0.6 is 15.9 Å². The molecule has 6 heteroatoms. The van der Waals surface area contributed by atoms with Crippen LogP contribution in [0.25, 0.3) is 6.08 Å². The molecule has 1 N–H and O–H groups in total. The molecule has 1 atom stereocenters. The zero-order chi connectivity index (χ0) is 16.7. The first-order valence-corrected chi connectivity index (χ1v) is 7.78. The molecule has 0 saturated heterocycles. The normalized spacial score (nSPS) is 12.1. The number of nitrogens with one attached hydrogen (secondary N) is 1. The predicted molar refractivity (Wildman–Crippen MR) is 89.4 cm³/mol. The summed E-state index contributed by atoms with van der Waals surface area (Å²) in [6.07, 6.45) is 2.68. The maximum Gasteiger partial charge on any atom is 0.331 e. The highest BCUT2D eigenvalue weighted by molar-refractivity contribution is 9.10. The second kappa shape index (κ2) is 8.33. The van der Waals surface area contributed by atoms with Crippen molar-refractivity contribution in [3.63, 3.8) is 0 Å². The smallest absolute Gasteiger partial charge is 0.331 e. The lowest BCUT2D eigenvalue weighted by Crippen LogP contribution is -2.30. The molecule has 2 aromatic rings. The number of carbonyl (C=O) groups excluding carboxylic acids is 2. The Labute approximate surface area is 142 Å². The van der Waals surface area contributed by atoms with Crippen molar-refractivity contribution in [1.29, 1.82) is 0 Å². The van der Waals surface area contributed by atoms with Gasteiger partial charge in [-0.3, -0.25) is 4.79 Å². The van der Waals surface area contributed by atoms with Gasteiger partial charge in [0.15, 0.2) is 11.3 Å². The molecule has 23 heavy (non-hydrogen) atoms. The van der Waals surface area contributed by atoms with Gasteiger partial charge in [0.25, 0.3) is 5.91 Å². The van der Waals surface area contributed by atoms with Gasteiger partial charge in [-0.15, -0.1) is 0 Å². The topological polar surface area (TPSA) is 68.5 Å². The van der Waals surface area contributed by atoms with Crippen LogP contribution in [-0.4, -0.2) is 18.5 Å². The third-order valence-corrected chi connectivity index (χ3v) is 3.43. The molecule has 1 aromatic carbocycles. The second-order valence-corrected chi connectivity index (χ2v) is 5.56. The van der Waals surface area contributed by atoms with E-state index in [0.29, 0.717) is 10.4 Å². The van der Waals surface area contributed by atoms with Crippen LogP contribution in [0.1, 0.15) is 24.3 Å². The molecule has 2 rings (SSSR count). The Morgan fingerprint density at radius 1 is 1.26 bits per heavy atom. The van der Waals surface area contributed by atoms with E-state index < -0.39 is 5.97 Å². The van der Waals surface area contributed by atoms with E-state index in [9.17, 15) is 9.59 Å². The van der Waals surface area contributed by atoms with E-state index in [1.54, 1.807) is 12.1 Å². The van der Waals surface area contributed by atoms with E-state index in [2.05, 4.69) is 21.2 Å². The lowest BCUT2D eigenvalue weighted by Gasteiger charge is -2.13. The molecule has 0 bridgehead atoms. The van der Waals surface area contributed by atoms with Crippen molar-refractivity contribution >= 4 is 33.9 Å². The Bertz CT molecular complexity index is 694. The highest BCUT2D eigenvalue weighted by atomic mass is 79.9. The summed E-state index contributed by atoms with van der Waals surface area (Å²) in [7, 11) is 0. The number of hydrogen-bond acceptors (Lipinski definition) is 4. The first-order chi connectivity index (χ1) is 11.0. The van der Waals surface area contributed by atoms with Crippen molar-refractivity contribution in [2.24, 2.45) is 0 Å². The van der Waals surface area contributed by atoms with Crippen LogP contribution in [0.15, 0.2) is 57.6 Å². The average molecular weight is 378 g/mol. The highest BCUT2D eigenvalue weighted by Crippen LogP contribution is 2.15. The van der Waals surface area contributed by atoms with Crippen molar-refractivity contribution in [2.45, 2.75) is 13.0 Å². The van der Waals surface area contributed by atoms with Crippen molar-refractivity contribution in [3.05, 3.63) is 64.5 Å². The zero-order valence-electron chi connectivity index (χ0n) is 12.5. The first kappa shape index (κ1) is 17.0. The van der Waals surface area contributed by atoms with Crippen LogP contribution in [0, 0.1) is 0 Å². The number of esters is 1. The monoisotopic (exact) mass is 377 g/mol. The Morgan fingerprint density at radius 3 is 2.65 bits per heavy atom. The molecule has 1 heterocycles. The van der Waals surface area contributed by atoms with E-state index in [4.69, 9.17) is 9.15 Å². The van der Waals surface area contributed by atoms with Crippen LogP contribution in [0.3, 0.4) is 0 Å². The number of halogens is 1. The van der Waals surface area contributed by atoms with E-state index in [1.165, 1.54) is 12.2 Å². The molecule has 0 saturated carbocycles. The number of benzene rings is 1. The Balaban J connectivity index is 1.75. The fourth-order valence-electron chi connectivity index (χ4n) is 1.86. The summed E-state index contributed by atoms with van der Waals surface area (Å²) in [5, 5.41) is 2.76. The number of ether oxygens (including phenoxy) is 1. The van der Waals surface area contributed by atoms with E-state index in [-0.39, 0.29) is 18.6 Å². The average Bonchev–Trinajstić information content (AvgIpc) is 2.97. The molecule has 1 amide bonds. The lowest BCUT2D eigenvalue weighted by atomic mass is 10.1. The third-order valence-electron chi connectivity index (χ3n) is 3.00. The van der Waals surface area contributed by atoms with Crippen LogP contribution in [0.4, 0.5) is 0 Å². The van der Waals surface area contributed by atoms with Crippen LogP contribution in [0.5, 0.6) is 0 Å². The maximum absolute atomic E-state index is 11.8. The SMILES string of the molecule is C[C@@H](NC(=O)COC(=O)/C=C/c1ccc(Br)o1)c1ccccc1. The van der Waals surface area contributed by atoms with Gasteiger partial charge >= 0.3 is 5.97 Å². The molecule has 5 nitrogen and oxygen atoms in total. The molecule has 0 fully saturated rings. The minimum Gasteiger partial charge on any atom is -0.452 e. The zero-order valence-corrected chi connectivity index (χ0v) is 14.1. The summed E-state index contributed by atoms with van der Waals surface area (Å²) in [5.74, 6) is -0.458. The van der Waals surface area contributed by atoms with Gasteiger partial charge < -0.3 is 14.5 Å². The fraction of sp³-hybridized carbons (Fsp3) is 0.176. The number of furan rings is 1. The quantitative estimate of drug-likeness (QED) is 0.617. The fourth-order valence-corrected chi connectivity index (χ4v) is 2.18. The summed E-state index contributed by atoms with van der Waals surface area (Å²) in [5.41, 5.74) is 0.982. The van der Waals surface area contributed by atoms with Crippen molar-refractivity contribution in [1.82, 2.24) is 5.32 Å². The van der Waals surface area contributed by atoms with Gasteiger partial charge in [-0.1, -0.05) is 30.3 Å². The maximum atomic E-state index is 11.8.